The predicted octanol–water partition coefficient (Wildman–Crippen LogP) is 0.791. The van der Waals surface area contributed by atoms with Crippen molar-refractivity contribution in [3.63, 3.8) is 0 Å². The van der Waals surface area contributed by atoms with Crippen LogP contribution >= 0.6 is 10.7 Å². The van der Waals surface area contributed by atoms with Crippen LogP contribution < -0.4 is 0 Å². The smallest absolute Gasteiger partial charge is 0.300 e. The van der Waals surface area contributed by atoms with Crippen LogP contribution in [0.25, 0.3) is 0 Å². The summed E-state index contributed by atoms with van der Waals surface area (Å²) in [6.45, 7) is 3.43. The monoisotopic (exact) mass is 213 g/mol. The molecular formula is C5H8ClNO4S. The number of carbonyl (C=O) groups is 1. The Morgan fingerprint density at radius 3 is 1.92 bits per heavy atom. The van der Waals surface area contributed by atoms with Gasteiger partial charge in [-0.25, -0.2) is 4.79 Å². The predicted molar refractivity (Wildman–Crippen MR) is 43.9 cm³/mol. The average Bonchev–Trinajstić information content (AvgIpc) is 1.86. The van der Waals surface area contributed by atoms with Crippen molar-refractivity contribution in [2.75, 3.05) is 0 Å². The molecule has 0 aromatic carbocycles. The van der Waals surface area contributed by atoms with Gasteiger partial charge < -0.3 is 4.79 Å². The Morgan fingerprint density at radius 1 is 1.58 bits per heavy atom. The molecule has 0 fully saturated rings. The van der Waals surface area contributed by atoms with Crippen LogP contribution in [0.4, 0.5) is 0 Å². The first-order valence-corrected chi connectivity index (χ1v) is 5.13. The van der Waals surface area contributed by atoms with Gasteiger partial charge in [-0.1, -0.05) is 11.3 Å². The number of ketones is 1. The third kappa shape index (κ3) is 22.8. The number of isocyanates is 1. The SMILES string of the molecule is CCC(C)=O.O=C=NS(=O)(=O)Cl. The van der Waals surface area contributed by atoms with E-state index in [0.717, 1.165) is 6.08 Å². The second-order valence-corrected chi connectivity index (χ2v) is 3.83. The lowest BCUT2D eigenvalue weighted by molar-refractivity contribution is -0.116. The van der Waals surface area contributed by atoms with Crippen LogP contribution in [0.15, 0.2) is 4.40 Å². The quantitative estimate of drug-likeness (QED) is 0.386. The molecule has 0 aliphatic heterocycles. The first-order chi connectivity index (χ1) is 5.33. The molecule has 0 atom stereocenters. The lowest BCUT2D eigenvalue weighted by Crippen LogP contribution is -1.80. The molecule has 0 aliphatic carbocycles. The number of rotatable bonds is 2. The van der Waals surface area contributed by atoms with Gasteiger partial charge in [-0.15, -0.1) is 0 Å². The van der Waals surface area contributed by atoms with Crippen LogP contribution in [0.2, 0.25) is 0 Å². The van der Waals surface area contributed by atoms with Gasteiger partial charge in [0.1, 0.15) is 5.78 Å². The van der Waals surface area contributed by atoms with Gasteiger partial charge in [0, 0.05) is 17.1 Å². The molecule has 0 aromatic rings. The van der Waals surface area contributed by atoms with Gasteiger partial charge >= 0.3 is 9.24 Å². The molecule has 7 heteroatoms. The largest absolute Gasteiger partial charge is 0.350 e. The molecule has 0 N–H and O–H groups in total. The van der Waals surface area contributed by atoms with Crippen molar-refractivity contribution in [3.05, 3.63) is 0 Å². The number of halogens is 1. The van der Waals surface area contributed by atoms with Gasteiger partial charge in [-0.05, 0) is 6.92 Å². The fraction of sp³-hybridized carbons (Fsp3) is 0.600. The Hall–Kier alpha value is -0.710. The molecule has 0 saturated carbocycles. The van der Waals surface area contributed by atoms with Gasteiger partial charge in [0.15, 0.2) is 0 Å². The first kappa shape index (κ1) is 13.9. The molecule has 5 nitrogen and oxygen atoms in total. The zero-order valence-electron chi connectivity index (χ0n) is 6.57. The Labute approximate surface area is 75.0 Å². The van der Waals surface area contributed by atoms with Crippen molar-refractivity contribution < 1.29 is 18.0 Å². The highest BCUT2D eigenvalue weighted by molar-refractivity contribution is 8.12. The summed E-state index contributed by atoms with van der Waals surface area (Å²) < 4.78 is 21.3. The molecule has 0 unspecified atom stereocenters. The molecule has 0 aromatic heterocycles. The second kappa shape index (κ2) is 6.97. The van der Waals surface area contributed by atoms with Gasteiger partial charge in [0.05, 0.1) is 0 Å². The maximum absolute atomic E-state index is 9.81. The maximum Gasteiger partial charge on any atom is 0.350 e. The Morgan fingerprint density at radius 2 is 1.92 bits per heavy atom. The molecular weight excluding hydrogens is 206 g/mol. The molecule has 0 heterocycles. The summed E-state index contributed by atoms with van der Waals surface area (Å²) in [7, 11) is 0.376. The van der Waals surface area contributed by atoms with E-state index in [2.05, 4.69) is 15.1 Å². The van der Waals surface area contributed by atoms with Crippen LogP contribution in [0.5, 0.6) is 0 Å². The minimum atomic E-state index is -4.00. The lowest BCUT2D eigenvalue weighted by Gasteiger charge is -1.71. The van der Waals surface area contributed by atoms with Crippen LogP contribution in [-0.2, 0) is 18.8 Å². The van der Waals surface area contributed by atoms with Gasteiger partial charge in [-0.3, -0.25) is 0 Å². The molecule has 0 radical (unpaired) electrons. The van der Waals surface area contributed by atoms with E-state index in [1.165, 1.54) is 0 Å². The Kier molecular flexibility index (Phi) is 8.04. The van der Waals surface area contributed by atoms with Crippen LogP contribution in [0, 0.1) is 0 Å². The van der Waals surface area contributed by atoms with Crippen molar-refractivity contribution in [2.24, 2.45) is 4.40 Å². The number of carbonyl (C=O) groups excluding carboxylic acids is 2. The summed E-state index contributed by atoms with van der Waals surface area (Å²) in [4.78, 5) is 18.9. The molecule has 12 heavy (non-hydrogen) atoms. The number of hydrogen-bond donors (Lipinski definition) is 0. The summed E-state index contributed by atoms with van der Waals surface area (Å²) >= 11 is 0. The molecule has 70 valence electrons. The van der Waals surface area contributed by atoms with Crippen molar-refractivity contribution in [3.8, 4) is 0 Å². The second-order valence-electron chi connectivity index (χ2n) is 1.65. The topological polar surface area (TPSA) is 80.6 Å². The Bertz CT molecular complexity index is 278. The molecule has 0 spiro atoms. The summed E-state index contributed by atoms with van der Waals surface area (Å²) in [5.74, 6) is 0.255. The minimum absolute atomic E-state index is 0.255. The van der Waals surface area contributed by atoms with E-state index in [0.29, 0.717) is 6.42 Å². The van der Waals surface area contributed by atoms with Crippen molar-refractivity contribution in [2.45, 2.75) is 20.3 Å². The minimum Gasteiger partial charge on any atom is -0.300 e. The van der Waals surface area contributed by atoms with Crippen LogP contribution in [0.3, 0.4) is 0 Å². The van der Waals surface area contributed by atoms with Gasteiger partial charge in [0.2, 0.25) is 0 Å². The van der Waals surface area contributed by atoms with E-state index in [-0.39, 0.29) is 5.78 Å². The zero-order chi connectivity index (χ0) is 10.2. The third-order valence-electron chi connectivity index (χ3n) is 0.644. The molecule has 0 amide bonds. The van der Waals surface area contributed by atoms with Crippen molar-refractivity contribution >= 4 is 31.8 Å². The fourth-order valence-electron chi connectivity index (χ4n) is 0.0445. The summed E-state index contributed by atoms with van der Waals surface area (Å²) in [5.41, 5.74) is 0. The van der Waals surface area contributed by atoms with Crippen molar-refractivity contribution in [1.82, 2.24) is 0 Å². The fourth-order valence-corrected chi connectivity index (χ4v) is 0.218. The van der Waals surface area contributed by atoms with Gasteiger partial charge in [-0.2, -0.15) is 8.42 Å². The normalized spacial score (nSPS) is 8.92. The van der Waals surface area contributed by atoms with Crippen LogP contribution in [-0.4, -0.2) is 20.3 Å². The molecule has 0 saturated heterocycles. The summed E-state index contributed by atoms with van der Waals surface area (Å²) in [5, 5.41) is 0. The highest BCUT2D eigenvalue weighted by atomic mass is 35.7. The number of nitrogens with zero attached hydrogens (tertiary/aromatic N) is 1. The van der Waals surface area contributed by atoms with Crippen LogP contribution in [0.1, 0.15) is 20.3 Å². The highest BCUT2D eigenvalue weighted by Gasteiger charge is 1.95. The lowest BCUT2D eigenvalue weighted by atomic mass is 10.4. The van der Waals surface area contributed by atoms with E-state index in [9.17, 15) is 13.2 Å². The van der Waals surface area contributed by atoms with E-state index in [4.69, 9.17) is 4.79 Å². The standard InChI is InChI=1S/C4H8O.CClNO3S/c1-3-4(2)5;2-7(5,6)3-1-4/h3H2,1-2H3;. The number of Topliss-reactive ketones (excluding diaryl/α,β-unsaturated/α-hetero) is 1. The van der Waals surface area contributed by atoms with E-state index < -0.39 is 9.24 Å². The summed E-state index contributed by atoms with van der Waals surface area (Å²) in [6, 6.07) is 0. The zero-order valence-corrected chi connectivity index (χ0v) is 8.15. The maximum atomic E-state index is 9.81. The van der Waals surface area contributed by atoms with E-state index >= 15 is 0 Å². The first-order valence-electron chi connectivity index (χ1n) is 2.86. The number of hydrogen-bond acceptors (Lipinski definition) is 4. The molecule has 0 aliphatic rings. The van der Waals surface area contributed by atoms with Gasteiger partial charge in [0.25, 0.3) is 6.08 Å². The Balaban J connectivity index is 0. The third-order valence-corrected chi connectivity index (χ3v) is 1.14. The molecule has 0 rings (SSSR count). The van der Waals surface area contributed by atoms with E-state index in [1.54, 1.807) is 6.92 Å². The average molecular weight is 214 g/mol. The molecule has 0 bridgehead atoms. The van der Waals surface area contributed by atoms with Crippen molar-refractivity contribution in [1.29, 1.82) is 0 Å². The van der Waals surface area contributed by atoms with E-state index in [1.807, 2.05) is 6.92 Å². The summed E-state index contributed by atoms with van der Waals surface area (Å²) in [6.07, 6.45) is 1.43. The highest BCUT2D eigenvalue weighted by Crippen LogP contribution is 1.93.